The Morgan fingerprint density at radius 2 is 1.93 bits per heavy atom. The summed E-state index contributed by atoms with van der Waals surface area (Å²) in [6.07, 6.45) is 2.51. The van der Waals surface area contributed by atoms with Crippen molar-refractivity contribution in [3.63, 3.8) is 0 Å². The number of nitrogens with one attached hydrogen (secondary N) is 1. The minimum atomic E-state index is -0.0169. The van der Waals surface area contributed by atoms with Gasteiger partial charge in [0.05, 0.1) is 6.42 Å². The van der Waals surface area contributed by atoms with Crippen LogP contribution in [0.5, 0.6) is 5.75 Å². The Morgan fingerprint density at radius 1 is 1.17 bits per heavy atom. The van der Waals surface area contributed by atoms with E-state index in [4.69, 9.17) is 21.1 Å². The lowest BCUT2D eigenvalue weighted by atomic mass is 10.1. The molecular weight excluding hydrogens is 388 g/mol. The van der Waals surface area contributed by atoms with Gasteiger partial charge >= 0.3 is 0 Å². The molecule has 3 rings (SSSR count). The Kier molecular flexibility index (Phi) is 8.35. The van der Waals surface area contributed by atoms with Crippen molar-refractivity contribution in [2.45, 2.75) is 31.8 Å². The van der Waals surface area contributed by atoms with Crippen LogP contribution < -0.4 is 10.1 Å². The van der Waals surface area contributed by atoms with Crippen molar-refractivity contribution in [3.05, 3.63) is 64.7 Å². The maximum Gasteiger partial charge on any atom is 0.224 e. The summed E-state index contributed by atoms with van der Waals surface area (Å²) in [7, 11) is 2.14. The monoisotopic (exact) mass is 416 g/mol. The van der Waals surface area contributed by atoms with Crippen molar-refractivity contribution in [2.24, 2.45) is 0 Å². The van der Waals surface area contributed by atoms with E-state index in [9.17, 15) is 4.79 Å². The lowest BCUT2D eigenvalue weighted by Gasteiger charge is -2.31. The molecule has 0 aromatic heterocycles. The van der Waals surface area contributed by atoms with Gasteiger partial charge in [-0.3, -0.25) is 9.69 Å². The molecule has 5 nitrogen and oxygen atoms in total. The number of carbonyl (C=O) groups excluding carboxylic acids is 1. The van der Waals surface area contributed by atoms with Crippen LogP contribution in [0.25, 0.3) is 0 Å². The summed E-state index contributed by atoms with van der Waals surface area (Å²) in [6.45, 7) is 3.70. The van der Waals surface area contributed by atoms with Crippen molar-refractivity contribution >= 4 is 17.5 Å². The summed E-state index contributed by atoms with van der Waals surface area (Å²) in [4.78, 5) is 14.5. The number of benzene rings is 2. The molecule has 2 aromatic rings. The van der Waals surface area contributed by atoms with Crippen molar-refractivity contribution in [3.8, 4) is 5.75 Å². The fourth-order valence-electron chi connectivity index (χ4n) is 3.41. The maximum atomic E-state index is 12.2. The zero-order chi connectivity index (χ0) is 20.5. The first-order valence-corrected chi connectivity index (χ1v) is 10.5. The molecule has 1 fully saturated rings. The third-order valence-electron chi connectivity index (χ3n) is 5.19. The molecule has 1 N–H and O–H groups in total. The number of nitrogens with zero attached hydrogens (tertiary/aromatic N) is 1. The van der Waals surface area contributed by atoms with Gasteiger partial charge in [-0.15, -0.1) is 0 Å². The molecule has 0 saturated carbocycles. The van der Waals surface area contributed by atoms with E-state index in [1.54, 1.807) is 12.1 Å². The first-order valence-electron chi connectivity index (χ1n) is 10.1. The van der Waals surface area contributed by atoms with Gasteiger partial charge < -0.3 is 14.8 Å². The maximum absolute atomic E-state index is 12.2. The van der Waals surface area contributed by atoms with E-state index in [-0.39, 0.29) is 5.91 Å². The zero-order valence-electron chi connectivity index (χ0n) is 16.9. The SMILES string of the molecule is CN(CCOc1cccc(CNC(=O)Cc2ccc(Cl)cc2)c1)C1CCOCC1. The molecule has 156 valence electrons. The van der Waals surface area contributed by atoms with Gasteiger partial charge in [-0.1, -0.05) is 35.9 Å². The van der Waals surface area contributed by atoms with E-state index < -0.39 is 0 Å². The number of likely N-dealkylation sites (N-methyl/N-ethyl adjacent to an activating group) is 1. The second-order valence-electron chi connectivity index (χ2n) is 7.40. The standard InChI is InChI=1S/C23H29ClN2O3/c1-26(21-9-12-28-13-10-21)11-14-29-22-4-2-3-19(15-22)17-25-23(27)16-18-5-7-20(24)8-6-18/h2-8,15,21H,9-14,16-17H2,1H3,(H,25,27). The largest absolute Gasteiger partial charge is 0.492 e. The number of carbonyl (C=O) groups is 1. The smallest absolute Gasteiger partial charge is 0.224 e. The highest BCUT2D eigenvalue weighted by molar-refractivity contribution is 6.30. The predicted molar refractivity (Wildman–Crippen MR) is 115 cm³/mol. The predicted octanol–water partition coefficient (Wildman–Crippen LogP) is 3.69. The molecule has 1 amide bonds. The van der Waals surface area contributed by atoms with E-state index in [1.807, 2.05) is 36.4 Å². The second kappa shape index (κ2) is 11.2. The third-order valence-corrected chi connectivity index (χ3v) is 5.44. The van der Waals surface area contributed by atoms with Gasteiger partial charge in [-0.25, -0.2) is 0 Å². The molecule has 2 aromatic carbocycles. The topological polar surface area (TPSA) is 50.8 Å². The van der Waals surface area contributed by atoms with Crippen LogP contribution in [0.15, 0.2) is 48.5 Å². The average Bonchev–Trinajstić information content (AvgIpc) is 2.75. The Labute approximate surface area is 177 Å². The summed E-state index contributed by atoms with van der Waals surface area (Å²) in [5.74, 6) is 0.812. The number of hydrogen-bond acceptors (Lipinski definition) is 4. The lowest BCUT2D eigenvalue weighted by molar-refractivity contribution is -0.120. The van der Waals surface area contributed by atoms with Crippen LogP contribution in [0.3, 0.4) is 0 Å². The highest BCUT2D eigenvalue weighted by atomic mass is 35.5. The van der Waals surface area contributed by atoms with Crippen LogP contribution in [0.1, 0.15) is 24.0 Å². The molecule has 1 saturated heterocycles. The number of halogens is 1. The number of ether oxygens (including phenoxy) is 2. The summed E-state index contributed by atoms with van der Waals surface area (Å²) < 4.78 is 11.3. The molecule has 1 aliphatic heterocycles. The minimum absolute atomic E-state index is 0.0169. The van der Waals surface area contributed by atoms with Gasteiger partial charge in [0.25, 0.3) is 0 Å². The summed E-state index contributed by atoms with van der Waals surface area (Å²) >= 11 is 5.88. The zero-order valence-corrected chi connectivity index (χ0v) is 17.7. The molecule has 0 aliphatic carbocycles. The van der Waals surface area contributed by atoms with Crippen LogP contribution in [-0.4, -0.2) is 50.3 Å². The highest BCUT2D eigenvalue weighted by Crippen LogP contribution is 2.15. The van der Waals surface area contributed by atoms with Crippen LogP contribution in [0.2, 0.25) is 5.02 Å². The average molecular weight is 417 g/mol. The Morgan fingerprint density at radius 3 is 2.69 bits per heavy atom. The Hall–Kier alpha value is -2.08. The molecule has 0 spiro atoms. The number of hydrogen-bond donors (Lipinski definition) is 1. The minimum Gasteiger partial charge on any atom is -0.492 e. The Bertz CT molecular complexity index is 776. The van der Waals surface area contributed by atoms with Crippen LogP contribution >= 0.6 is 11.6 Å². The van der Waals surface area contributed by atoms with E-state index in [1.165, 1.54) is 0 Å². The van der Waals surface area contributed by atoms with Crippen LogP contribution in [0, 0.1) is 0 Å². The normalized spacial score (nSPS) is 14.7. The van der Waals surface area contributed by atoms with Crippen LogP contribution in [-0.2, 0) is 22.5 Å². The molecule has 1 heterocycles. The van der Waals surface area contributed by atoms with Crippen molar-refractivity contribution in [1.29, 1.82) is 0 Å². The van der Waals surface area contributed by atoms with Crippen molar-refractivity contribution in [2.75, 3.05) is 33.4 Å². The van der Waals surface area contributed by atoms with E-state index in [0.29, 0.717) is 30.6 Å². The molecule has 0 unspecified atom stereocenters. The fraction of sp³-hybridized carbons (Fsp3) is 0.435. The van der Waals surface area contributed by atoms with E-state index in [2.05, 4.69) is 17.3 Å². The number of rotatable bonds is 9. The van der Waals surface area contributed by atoms with Crippen LogP contribution in [0.4, 0.5) is 0 Å². The molecule has 6 heteroatoms. The molecule has 0 atom stereocenters. The fourth-order valence-corrected chi connectivity index (χ4v) is 3.54. The molecule has 0 radical (unpaired) electrons. The molecular formula is C23H29ClN2O3. The molecule has 29 heavy (non-hydrogen) atoms. The van der Waals surface area contributed by atoms with Crippen molar-refractivity contribution in [1.82, 2.24) is 10.2 Å². The summed E-state index contributed by atoms with van der Waals surface area (Å²) in [5, 5.41) is 3.63. The van der Waals surface area contributed by atoms with Gasteiger partial charge in [-0.05, 0) is 55.3 Å². The summed E-state index contributed by atoms with van der Waals surface area (Å²) in [5.41, 5.74) is 1.96. The van der Waals surface area contributed by atoms with E-state index >= 15 is 0 Å². The number of amides is 1. The Balaban J connectivity index is 1.40. The van der Waals surface area contributed by atoms with Gasteiger partial charge in [0.2, 0.25) is 5.91 Å². The molecule has 1 aliphatic rings. The van der Waals surface area contributed by atoms with Gasteiger partial charge in [-0.2, -0.15) is 0 Å². The van der Waals surface area contributed by atoms with Gasteiger partial charge in [0.1, 0.15) is 12.4 Å². The highest BCUT2D eigenvalue weighted by Gasteiger charge is 2.17. The third kappa shape index (κ3) is 7.35. The first kappa shape index (κ1) is 21.6. The quantitative estimate of drug-likeness (QED) is 0.677. The lowest BCUT2D eigenvalue weighted by Crippen LogP contribution is -2.38. The van der Waals surface area contributed by atoms with Crippen molar-refractivity contribution < 1.29 is 14.3 Å². The van der Waals surface area contributed by atoms with Gasteiger partial charge in [0, 0.05) is 37.4 Å². The second-order valence-corrected chi connectivity index (χ2v) is 7.84. The van der Waals surface area contributed by atoms with E-state index in [0.717, 1.165) is 49.5 Å². The van der Waals surface area contributed by atoms with Gasteiger partial charge in [0.15, 0.2) is 0 Å². The summed E-state index contributed by atoms with van der Waals surface area (Å²) in [6, 6.07) is 15.8. The molecule has 0 bridgehead atoms. The first-order chi connectivity index (χ1) is 14.1.